The molecule has 0 saturated heterocycles. The third-order valence-electron chi connectivity index (χ3n) is 8.28. The van der Waals surface area contributed by atoms with Crippen molar-refractivity contribution in [1.29, 1.82) is 0 Å². The molecule has 2 aromatic rings. The Labute approximate surface area is 241 Å². The van der Waals surface area contributed by atoms with Gasteiger partial charge < -0.3 is 9.47 Å². The van der Waals surface area contributed by atoms with Crippen molar-refractivity contribution in [2.24, 2.45) is 5.92 Å². The van der Waals surface area contributed by atoms with Gasteiger partial charge in [0.05, 0.1) is 13.2 Å². The Hall–Kier alpha value is -3.14. The number of rotatable bonds is 13. The highest BCUT2D eigenvalue weighted by atomic mass is 16.5. The van der Waals surface area contributed by atoms with Gasteiger partial charge in [-0.3, -0.25) is 0 Å². The van der Waals surface area contributed by atoms with Crippen LogP contribution in [-0.2, 0) is 38.3 Å². The summed E-state index contributed by atoms with van der Waals surface area (Å²) in [6.45, 7) is 18.2. The highest BCUT2D eigenvalue weighted by molar-refractivity contribution is 5.87. The minimum absolute atomic E-state index is 0.337. The lowest BCUT2D eigenvalue weighted by Crippen LogP contribution is -2.11. The molecule has 0 amide bonds. The van der Waals surface area contributed by atoms with Crippen LogP contribution >= 0.6 is 0 Å². The van der Waals surface area contributed by atoms with Gasteiger partial charge in [0.15, 0.2) is 0 Å². The van der Waals surface area contributed by atoms with E-state index in [9.17, 15) is 9.59 Å². The summed E-state index contributed by atoms with van der Waals surface area (Å²) in [7, 11) is 0. The Morgan fingerprint density at radius 3 is 1.82 bits per heavy atom. The van der Waals surface area contributed by atoms with Crippen LogP contribution in [0.5, 0.6) is 0 Å². The summed E-state index contributed by atoms with van der Waals surface area (Å²) in [6.07, 6.45) is 9.34. The van der Waals surface area contributed by atoms with E-state index in [1.807, 2.05) is 0 Å². The average molecular weight is 545 g/mol. The van der Waals surface area contributed by atoms with Gasteiger partial charge in [0.25, 0.3) is 0 Å². The van der Waals surface area contributed by atoms with E-state index in [4.69, 9.17) is 9.47 Å². The highest BCUT2D eigenvalue weighted by Gasteiger charge is 2.21. The molecular weight excluding hydrogens is 496 g/mol. The van der Waals surface area contributed by atoms with E-state index in [0.29, 0.717) is 30.3 Å². The van der Waals surface area contributed by atoms with Crippen molar-refractivity contribution >= 4 is 11.9 Å². The van der Waals surface area contributed by atoms with E-state index in [0.717, 1.165) is 38.0 Å². The SMILES string of the molecule is C=C(C)C(=O)OCCCc1cc(-c2ccc(C3CCC(C)CC3)cc2CC)cc(CCCOC(=O)C(=C)C)c1C. The molecule has 1 saturated carbocycles. The van der Waals surface area contributed by atoms with Crippen LogP contribution in [0.3, 0.4) is 0 Å². The Balaban J connectivity index is 1.85. The van der Waals surface area contributed by atoms with Crippen LogP contribution in [0.4, 0.5) is 0 Å². The first-order valence-electron chi connectivity index (χ1n) is 15.0. The molecule has 0 bridgehead atoms. The molecule has 1 fully saturated rings. The van der Waals surface area contributed by atoms with Crippen molar-refractivity contribution < 1.29 is 19.1 Å². The molecule has 0 radical (unpaired) electrons. The molecule has 2 aromatic carbocycles. The van der Waals surface area contributed by atoms with Gasteiger partial charge in [-0.15, -0.1) is 0 Å². The molecule has 4 heteroatoms. The molecule has 0 unspecified atom stereocenters. The van der Waals surface area contributed by atoms with Gasteiger partial charge in [0.2, 0.25) is 0 Å². The standard InChI is InChI=1S/C36H48O4/c1-8-28-21-32(29-15-13-26(6)14-16-29)17-18-34(28)33-22-30(11-9-19-39-35(37)24(2)3)27(7)31(23-33)12-10-20-40-36(38)25(4)5/h17-18,21-23,26,29H,2,4,8-16,19-20H2,1,3,5-7H3. The molecule has 0 aromatic heterocycles. The fourth-order valence-electron chi connectivity index (χ4n) is 5.65. The van der Waals surface area contributed by atoms with Crippen LogP contribution in [0.1, 0.15) is 100.0 Å². The quantitative estimate of drug-likeness (QED) is 0.144. The lowest BCUT2D eigenvalue weighted by Gasteiger charge is -2.27. The van der Waals surface area contributed by atoms with Crippen molar-refractivity contribution in [3.8, 4) is 11.1 Å². The van der Waals surface area contributed by atoms with Crippen LogP contribution in [0.15, 0.2) is 54.6 Å². The molecule has 0 N–H and O–H groups in total. The molecule has 40 heavy (non-hydrogen) atoms. The van der Waals surface area contributed by atoms with E-state index in [-0.39, 0.29) is 11.9 Å². The van der Waals surface area contributed by atoms with Crippen molar-refractivity contribution in [2.75, 3.05) is 13.2 Å². The summed E-state index contributed by atoms with van der Waals surface area (Å²) >= 11 is 0. The van der Waals surface area contributed by atoms with Crippen molar-refractivity contribution in [3.63, 3.8) is 0 Å². The fraction of sp³-hybridized carbons (Fsp3) is 0.500. The van der Waals surface area contributed by atoms with Crippen LogP contribution in [0.25, 0.3) is 11.1 Å². The van der Waals surface area contributed by atoms with Crippen LogP contribution in [-0.4, -0.2) is 25.2 Å². The minimum Gasteiger partial charge on any atom is -0.462 e. The average Bonchev–Trinajstić information content (AvgIpc) is 2.94. The minimum atomic E-state index is -0.337. The Bertz CT molecular complexity index is 1160. The van der Waals surface area contributed by atoms with Gasteiger partial charge in [-0.1, -0.05) is 70.2 Å². The molecule has 4 nitrogen and oxygen atoms in total. The van der Waals surface area contributed by atoms with Crippen LogP contribution in [0, 0.1) is 12.8 Å². The fourth-order valence-corrected chi connectivity index (χ4v) is 5.65. The third-order valence-corrected chi connectivity index (χ3v) is 8.28. The van der Waals surface area contributed by atoms with Gasteiger partial charge in [0, 0.05) is 11.1 Å². The molecule has 1 aliphatic carbocycles. The molecule has 0 aliphatic heterocycles. The number of esters is 2. The maximum atomic E-state index is 11.8. The second-order valence-electron chi connectivity index (χ2n) is 11.7. The topological polar surface area (TPSA) is 52.6 Å². The number of aryl methyl sites for hydroxylation is 3. The van der Waals surface area contributed by atoms with E-state index in [1.54, 1.807) is 13.8 Å². The zero-order valence-electron chi connectivity index (χ0n) is 25.4. The summed E-state index contributed by atoms with van der Waals surface area (Å²) in [6, 6.07) is 11.8. The molecule has 1 aliphatic rings. The summed E-state index contributed by atoms with van der Waals surface area (Å²) in [5.41, 5.74) is 10.0. The number of benzene rings is 2. The highest BCUT2D eigenvalue weighted by Crippen LogP contribution is 2.38. The molecule has 0 spiro atoms. The maximum absolute atomic E-state index is 11.8. The van der Waals surface area contributed by atoms with E-state index in [1.165, 1.54) is 64.6 Å². The third kappa shape index (κ3) is 8.68. The number of hydrogen-bond acceptors (Lipinski definition) is 4. The van der Waals surface area contributed by atoms with Crippen LogP contribution in [0.2, 0.25) is 0 Å². The van der Waals surface area contributed by atoms with E-state index < -0.39 is 0 Å². The number of hydrogen-bond donors (Lipinski definition) is 0. The summed E-state index contributed by atoms with van der Waals surface area (Å²) < 4.78 is 10.7. The van der Waals surface area contributed by atoms with E-state index >= 15 is 0 Å². The van der Waals surface area contributed by atoms with Crippen LogP contribution < -0.4 is 0 Å². The summed E-state index contributed by atoms with van der Waals surface area (Å²) in [4.78, 5) is 23.6. The largest absolute Gasteiger partial charge is 0.462 e. The molecule has 0 heterocycles. The molecule has 0 atom stereocenters. The predicted molar refractivity (Wildman–Crippen MR) is 165 cm³/mol. The summed E-state index contributed by atoms with van der Waals surface area (Å²) in [5.74, 6) is 0.842. The zero-order chi connectivity index (χ0) is 29.2. The van der Waals surface area contributed by atoms with Gasteiger partial charge in [-0.05, 0) is 116 Å². The van der Waals surface area contributed by atoms with Crippen molar-refractivity contribution in [3.05, 3.63) is 82.5 Å². The first-order valence-corrected chi connectivity index (χ1v) is 15.0. The van der Waals surface area contributed by atoms with Gasteiger partial charge in [-0.2, -0.15) is 0 Å². The maximum Gasteiger partial charge on any atom is 0.333 e. The second kappa shape index (κ2) is 15.0. The lowest BCUT2D eigenvalue weighted by atomic mass is 9.78. The first-order chi connectivity index (χ1) is 19.1. The molecule has 216 valence electrons. The predicted octanol–water partition coefficient (Wildman–Crippen LogP) is 8.62. The van der Waals surface area contributed by atoms with E-state index in [2.05, 4.69) is 64.3 Å². The summed E-state index contributed by atoms with van der Waals surface area (Å²) in [5, 5.41) is 0. The van der Waals surface area contributed by atoms with Gasteiger partial charge in [0.1, 0.15) is 0 Å². The lowest BCUT2D eigenvalue weighted by molar-refractivity contribution is -0.139. The van der Waals surface area contributed by atoms with Gasteiger partial charge >= 0.3 is 11.9 Å². The van der Waals surface area contributed by atoms with Crippen molar-refractivity contribution in [2.45, 2.75) is 98.3 Å². The first kappa shape index (κ1) is 31.4. The Morgan fingerprint density at radius 1 is 0.825 bits per heavy atom. The zero-order valence-corrected chi connectivity index (χ0v) is 25.4. The number of ether oxygens (including phenoxy) is 2. The Kier molecular flexibility index (Phi) is 11.8. The normalized spacial score (nSPS) is 16.8. The number of carbonyl (C=O) groups is 2. The molecular formula is C36H48O4. The smallest absolute Gasteiger partial charge is 0.333 e. The molecule has 3 rings (SSSR count). The number of carbonyl (C=O) groups excluding carboxylic acids is 2. The Morgan fingerprint density at radius 2 is 1.35 bits per heavy atom. The van der Waals surface area contributed by atoms with Crippen molar-refractivity contribution in [1.82, 2.24) is 0 Å². The second-order valence-corrected chi connectivity index (χ2v) is 11.7. The monoisotopic (exact) mass is 544 g/mol. The van der Waals surface area contributed by atoms with Gasteiger partial charge in [-0.25, -0.2) is 9.59 Å².